The van der Waals surface area contributed by atoms with E-state index < -0.39 is 5.54 Å². The average molecular weight is 298 g/mol. The SMILES string of the molecule is CC(C)c1nnsc1C(=O)NC1(C(N)=S)CCCC1. The van der Waals surface area contributed by atoms with E-state index in [2.05, 4.69) is 14.9 Å². The van der Waals surface area contributed by atoms with Crippen molar-refractivity contribution in [1.82, 2.24) is 14.9 Å². The summed E-state index contributed by atoms with van der Waals surface area (Å²) in [5.41, 5.74) is 6.03. The minimum Gasteiger partial charge on any atom is -0.391 e. The summed E-state index contributed by atoms with van der Waals surface area (Å²) in [5, 5.41) is 7.04. The third-order valence-electron chi connectivity index (χ3n) is 3.55. The first-order chi connectivity index (χ1) is 8.96. The molecule has 0 saturated heterocycles. The lowest BCUT2D eigenvalue weighted by Gasteiger charge is -2.28. The van der Waals surface area contributed by atoms with Crippen LogP contribution in [-0.4, -0.2) is 26.0 Å². The highest BCUT2D eigenvalue weighted by molar-refractivity contribution is 7.80. The summed E-state index contributed by atoms with van der Waals surface area (Å²) in [6, 6.07) is 0. The van der Waals surface area contributed by atoms with Crippen LogP contribution in [0.2, 0.25) is 0 Å². The number of carbonyl (C=O) groups is 1. The Morgan fingerprint density at radius 2 is 2.11 bits per heavy atom. The third kappa shape index (κ3) is 2.76. The molecule has 0 unspecified atom stereocenters. The predicted octanol–water partition coefficient (Wildman–Crippen LogP) is 1.99. The molecule has 1 aromatic heterocycles. The molecule has 2 rings (SSSR count). The van der Waals surface area contributed by atoms with Gasteiger partial charge in [0.05, 0.1) is 16.2 Å². The summed E-state index contributed by atoms with van der Waals surface area (Å²) in [6.07, 6.45) is 3.71. The second-order valence-electron chi connectivity index (χ2n) is 5.25. The zero-order valence-corrected chi connectivity index (χ0v) is 12.7. The number of nitrogens with two attached hydrogens (primary N) is 1. The lowest BCUT2D eigenvalue weighted by Crippen LogP contribution is -2.54. The number of nitrogens with one attached hydrogen (secondary N) is 1. The first-order valence-corrected chi connectivity index (χ1v) is 7.59. The molecule has 1 aromatic rings. The lowest BCUT2D eigenvalue weighted by atomic mass is 9.97. The molecule has 5 nitrogen and oxygen atoms in total. The molecule has 1 saturated carbocycles. The lowest BCUT2D eigenvalue weighted by molar-refractivity contribution is 0.0927. The minimum atomic E-state index is -0.523. The summed E-state index contributed by atoms with van der Waals surface area (Å²) in [5.74, 6) is 0.0113. The molecule has 1 aliphatic rings. The zero-order valence-electron chi connectivity index (χ0n) is 11.1. The van der Waals surface area contributed by atoms with E-state index in [4.69, 9.17) is 18.0 Å². The third-order valence-corrected chi connectivity index (χ3v) is 4.68. The van der Waals surface area contributed by atoms with Gasteiger partial charge in [-0.25, -0.2) is 0 Å². The fraction of sp³-hybridized carbons (Fsp3) is 0.667. The van der Waals surface area contributed by atoms with E-state index in [1.165, 1.54) is 0 Å². The van der Waals surface area contributed by atoms with Crippen molar-refractivity contribution >= 4 is 34.6 Å². The van der Waals surface area contributed by atoms with Crippen molar-refractivity contribution < 1.29 is 4.79 Å². The van der Waals surface area contributed by atoms with Gasteiger partial charge in [0, 0.05) is 0 Å². The van der Waals surface area contributed by atoms with Crippen LogP contribution in [0.3, 0.4) is 0 Å². The Balaban J connectivity index is 2.20. The summed E-state index contributed by atoms with van der Waals surface area (Å²) < 4.78 is 3.87. The molecule has 1 aliphatic carbocycles. The van der Waals surface area contributed by atoms with Crippen molar-refractivity contribution in [1.29, 1.82) is 0 Å². The molecule has 0 aromatic carbocycles. The Labute approximate surface area is 122 Å². The Morgan fingerprint density at radius 3 is 2.63 bits per heavy atom. The quantitative estimate of drug-likeness (QED) is 0.831. The summed E-state index contributed by atoms with van der Waals surface area (Å²) in [7, 11) is 0. The van der Waals surface area contributed by atoms with Gasteiger partial charge in [-0.15, -0.1) is 5.10 Å². The van der Waals surface area contributed by atoms with Gasteiger partial charge in [-0.2, -0.15) is 0 Å². The summed E-state index contributed by atoms with van der Waals surface area (Å²) in [6.45, 7) is 3.98. The van der Waals surface area contributed by atoms with Gasteiger partial charge in [0.25, 0.3) is 5.91 Å². The second kappa shape index (κ2) is 5.50. The maximum atomic E-state index is 12.4. The van der Waals surface area contributed by atoms with Crippen LogP contribution in [0.5, 0.6) is 0 Å². The molecule has 104 valence electrons. The van der Waals surface area contributed by atoms with Crippen molar-refractivity contribution in [2.45, 2.75) is 51.0 Å². The maximum Gasteiger partial charge on any atom is 0.265 e. The number of aromatic nitrogens is 2. The fourth-order valence-electron chi connectivity index (χ4n) is 2.42. The van der Waals surface area contributed by atoms with E-state index in [0.717, 1.165) is 42.9 Å². The molecular formula is C12H18N4OS2. The number of hydrogen-bond acceptors (Lipinski definition) is 5. The monoisotopic (exact) mass is 298 g/mol. The molecule has 7 heteroatoms. The van der Waals surface area contributed by atoms with Crippen LogP contribution in [0.15, 0.2) is 0 Å². The van der Waals surface area contributed by atoms with Crippen LogP contribution in [-0.2, 0) is 0 Å². The molecule has 0 atom stereocenters. The first-order valence-electron chi connectivity index (χ1n) is 6.41. The van der Waals surface area contributed by atoms with Crippen molar-refractivity contribution in [2.75, 3.05) is 0 Å². The van der Waals surface area contributed by atoms with Gasteiger partial charge < -0.3 is 11.1 Å². The predicted molar refractivity (Wildman–Crippen MR) is 79.4 cm³/mol. The topological polar surface area (TPSA) is 80.9 Å². The average Bonchev–Trinajstić information content (AvgIpc) is 2.97. The van der Waals surface area contributed by atoms with E-state index in [-0.39, 0.29) is 11.8 Å². The van der Waals surface area contributed by atoms with Gasteiger partial charge in [-0.3, -0.25) is 4.79 Å². The van der Waals surface area contributed by atoms with Gasteiger partial charge in [-0.1, -0.05) is 43.4 Å². The van der Waals surface area contributed by atoms with Crippen molar-refractivity contribution in [3.8, 4) is 0 Å². The molecule has 0 spiro atoms. The molecule has 19 heavy (non-hydrogen) atoms. The van der Waals surface area contributed by atoms with E-state index >= 15 is 0 Å². The van der Waals surface area contributed by atoms with Crippen LogP contribution >= 0.6 is 23.8 Å². The van der Waals surface area contributed by atoms with Crippen molar-refractivity contribution in [2.24, 2.45) is 5.73 Å². The van der Waals surface area contributed by atoms with Crippen LogP contribution in [0.4, 0.5) is 0 Å². The van der Waals surface area contributed by atoms with E-state index in [1.807, 2.05) is 13.8 Å². The zero-order chi connectivity index (χ0) is 14.0. The van der Waals surface area contributed by atoms with Gasteiger partial charge in [0.2, 0.25) is 0 Å². The Kier molecular flexibility index (Phi) is 4.15. The first kappa shape index (κ1) is 14.3. The summed E-state index contributed by atoms with van der Waals surface area (Å²) >= 11 is 6.26. The largest absolute Gasteiger partial charge is 0.391 e. The molecule has 3 N–H and O–H groups in total. The standard InChI is InChI=1S/C12H18N4OS2/c1-7(2)8-9(19-16-15-8)10(17)14-12(11(13)18)5-3-4-6-12/h7H,3-6H2,1-2H3,(H2,13,18)(H,14,17). The number of rotatable bonds is 4. The van der Waals surface area contributed by atoms with Crippen molar-refractivity contribution in [3.63, 3.8) is 0 Å². The maximum absolute atomic E-state index is 12.4. The fourth-order valence-corrected chi connectivity index (χ4v) is 3.39. The van der Waals surface area contributed by atoms with E-state index in [9.17, 15) is 4.79 Å². The highest BCUT2D eigenvalue weighted by Gasteiger charge is 2.39. The molecular weight excluding hydrogens is 280 g/mol. The Morgan fingerprint density at radius 1 is 1.47 bits per heavy atom. The second-order valence-corrected chi connectivity index (χ2v) is 6.44. The normalized spacial score (nSPS) is 17.6. The van der Waals surface area contributed by atoms with Crippen molar-refractivity contribution in [3.05, 3.63) is 10.6 Å². The van der Waals surface area contributed by atoms with Crippen LogP contribution in [0.25, 0.3) is 0 Å². The van der Waals surface area contributed by atoms with Crippen LogP contribution < -0.4 is 11.1 Å². The smallest absolute Gasteiger partial charge is 0.265 e. The molecule has 0 aliphatic heterocycles. The molecule has 1 heterocycles. The molecule has 1 amide bonds. The van der Waals surface area contributed by atoms with Crippen LogP contribution in [0, 0.1) is 0 Å². The van der Waals surface area contributed by atoms with E-state index in [1.54, 1.807) is 0 Å². The van der Waals surface area contributed by atoms with Gasteiger partial charge in [-0.05, 0) is 30.3 Å². The number of carbonyl (C=O) groups excluding carboxylic acids is 1. The minimum absolute atomic E-state index is 0.159. The Bertz CT molecular complexity index is 492. The molecule has 0 radical (unpaired) electrons. The summed E-state index contributed by atoms with van der Waals surface area (Å²) in [4.78, 5) is 13.3. The number of amides is 1. The highest BCUT2D eigenvalue weighted by Crippen LogP contribution is 2.31. The number of thiocarbonyl (C=S) groups is 1. The molecule has 1 fully saturated rings. The molecule has 0 bridgehead atoms. The Hall–Kier alpha value is -1.08. The number of nitrogens with zero attached hydrogens (tertiary/aromatic N) is 2. The van der Waals surface area contributed by atoms with Gasteiger partial charge in [0.1, 0.15) is 4.88 Å². The highest BCUT2D eigenvalue weighted by atomic mass is 32.1. The van der Waals surface area contributed by atoms with Crippen LogP contribution in [0.1, 0.15) is 60.8 Å². The van der Waals surface area contributed by atoms with Gasteiger partial charge in [0.15, 0.2) is 0 Å². The van der Waals surface area contributed by atoms with Gasteiger partial charge >= 0.3 is 0 Å². The number of hydrogen-bond donors (Lipinski definition) is 2. The van der Waals surface area contributed by atoms with E-state index in [0.29, 0.717) is 9.87 Å².